The predicted octanol–water partition coefficient (Wildman–Crippen LogP) is 4.03. The summed E-state index contributed by atoms with van der Waals surface area (Å²) in [7, 11) is 4.07. The molecule has 1 aromatic carbocycles. The summed E-state index contributed by atoms with van der Waals surface area (Å²) < 4.78 is 0. The Bertz CT molecular complexity index is 742. The van der Waals surface area contributed by atoms with Crippen LogP contribution in [0.5, 0.6) is 0 Å². The summed E-state index contributed by atoms with van der Waals surface area (Å²) in [6.07, 6.45) is 0. The van der Waals surface area contributed by atoms with Crippen LogP contribution in [0, 0.1) is 6.92 Å². The number of carbonyl (C=O) groups excluding carboxylic acids is 1. The Kier molecular flexibility index (Phi) is 7.04. The quantitative estimate of drug-likeness (QED) is 0.763. The van der Waals surface area contributed by atoms with Crippen LogP contribution in [0.2, 0.25) is 0 Å². The first-order valence-electron chi connectivity index (χ1n) is 9.22. The van der Waals surface area contributed by atoms with Gasteiger partial charge in [0.1, 0.15) is 0 Å². The van der Waals surface area contributed by atoms with E-state index in [4.69, 9.17) is 0 Å². The lowest BCUT2D eigenvalue weighted by Gasteiger charge is -2.29. The average Bonchev–Trinajstić information content (AvgIpc) is 3.18. The SMILES string of the molecule is Cc1cc(N2CCSCC2)ccc1NC(=O)NCC(c1cccs1)N(C)C. The first-order chi connectivity index (χ1) is 13.0. The maximum Gasteiger partial charge on any atom is 0.319 e. The van der Waals surface area contributed by atoms with E-state index in [0.717, 1.165) is 24.3 Å². The molecule has 1 saturated heterocycles. The van der Waals surface area contributed by atoms with Crippen LogP contribution in [0.4, 0.5) is 16.2 Å². The average molecular weight is 405 g/mol. The third-order valence-corrected chi connectivity index (χ3v) is 6.70. The summed E-state index contributed by atoms with van der Waals surface area (Å²) in [4.78, 5) is 18.2. The van der Waals surface area contributed by atoms with E-state index in [1.165, 1.54) is 22.1 Å². The number of benzene rings is 1. The smallest absolute Gasteiger partial charge is 0.319 e. The lowest BCUT2D eigenvalue weighted by atomic mass is 10.1. The zero-order valence-electron chi connectivity index (χ0n) is 16.2. The third-order valence-electron chi connectivity index (χ3n) is 4.79. The predicted molar refractivity (Wildman–Crippen MR) is 118 cm³/mol. The molecule has 1 aromatic heterocycles. The van der Waals surface area contributed by atoms with Gasteiger partial charge in [0.05, 0.1) is 6.04 Å². The molecule has 146 valence electrons. The summed E-state index contributed by atoms with van der Waals surface area (Å²) >= 11 is 3.72. The van der Waals surface area contributed by atoms with Gasteiger partial charge < -0.3 is 20.4 Å². The number of thiophene rings is 1. The highest BCUT2D eigenvalue weighted by Crippen LogP contribution is 2.25. The van der Waals surface area contributed by atoms with Crippen molar-refractivity contribution in [3.05, 3.63) is 46.2 Å². The minimum atomic E-state index is -0.163. The molecule has 0 bridgehead atoms. The van der Waals surface area contributed by atoms with Crippen LogP contribution >= 0.6 is 23.1 Å². The second-order valence-electron chi connectivity index (χ2n) is 6.93. The van der Waals surface area contributed by atoms with E-state index in [0.29, 0.717) is 6.54 Å². The first kappa shape index (κ1) is 20.0. The van der Waals surface area contributed by atoms with Crippen molar-refractivity contribution in [2.45, 2.75) is 13.0 Å². The van der Waals surface area contributed by atoms with Gasteiger partial charge in [-0.1, -0.05) is 6.07 Å². The molecule has 2 amide bonds. The van der Waals surface area contributed by atoms with Crippen molar-refractivity contribution in [1.82, 2.24) is 10.2 Å². The normalized spacial score (nSPS) is 15.6. The van der Waals surface area contributed by atoms with Crippen LogP contribution in [-0.2, 0) is 0 Å². The fourth-order valence-corrected chi connectivity index (χ4v) is 5.01. The maximum absolute atomic E-state index is 12.4. The van der Waals surface area contributed by atoms with Gasteiger partial charge in [-0.3, -0.25) is 0 Å². The van der Waals surface area contributed by atoms with Crippen molar-refractivity contribution >= 4 is 40.5 Å². The van der Waals surface area contributed by atoms with Gasteiger partial charge in [-0.25, -0.2) is 4.79 Å². The van der Waals surface area contributed by atoms with Crippen LogP contribution < -0.4 is 15.5 Å². The number of nitrogens with one attached hydrogen (secondary N) is 2. The summed E-state index contributed by atoms with van der Waals surface area (Å²) in [6, 6.07) is 10.4. The van der Waals surface area contributed by atoms with Crippen LogP contribution in [0.1, 0.15) is 16.5 Å². The molecule has 1 aliphatic heterocycles. The lowest BCUT2D eigenvalue weighted by molar-refractivity contribution is 0.244. The molecule has 1 atom stereocenters. The lowest BCUT2D eigenvalue weighted by Crippen LogP contribution is -2.36. The Morgan fingerprint density at radius 2 is 2.04 bits per heavy atom. The minimum absolute atomic E-state index is 0.163. The second kappa shape index (κ2) is 9.48. The van der Waals surface area contributed by atoms with Crippen LogP contribution in [0.15, 0.2) is 35.7 Å². The van der Waals surface area contributed by atoms with E-state index in [2.05, 4.69) is 44.0 Å². The van der Waals surface area contributed by atoms with Gasteiger partial charge in [0.15, 0.2) is 0 Å². The highest BCUT2D eigenvalue weighted by molar-refractivity contribution is 7.99. The van der Waals surface area contributed by atoms with E-state index in [-0.39, 0.29) is 12.1 Å². The van der Waals surface area contributed by atoms with Crippen molar-refractivity contribution in [1.29, 1.82) is 0 Å². The summed E-state index contributed by atoms with van der Waals surface area (Å²) in [5, 5.41) is 8.07. The number of carbonyl (C=O) groups is 1. The molecule has 1 aliphatic rings. The highest BCUT2D eigenvalue weighted by atomic mass is 32.2. The highest BCUT2D eigenvalue weighted by Gasteiger charge is 2.17. The number of rotatable bonds is 6. The second-order valence-corrected chi connectivity index (χ2v) is 9.13. The molecule has 0 saturated carbocycles. The van der Waals surface area contributed by atoms with Crippen molar-refractivity contribution in [2.75, 3.05) is 55.5 Å². The Morgan fingerprint density at radius 1 is 1.26 bits per heavy atom. The van der Waals surface area contributed by atoms with Gasteiger partial charge in [-0.05, 0) is 56.2 Å². The maximum atomic E-state index is 12.4. The summed E-state index contributed by atoms with van der Waals surface area (Å²) in [6.45, 7) is 4.80. The van der Waals surface area contributed by atoms with Crippen molar-refractivity contribution in [3.8, 4) is 0 Å². The Balaban J connectivity index is 1.57. The summed E-state index contributed by atoms with van der Waals surface area (Å²) in [5.74, 6) is 2.36. The van der Waals surface area contributed by atoms with Gasteiger partial charge in [0, 0.05) is 47.4 Å². The number of amides is 2. The van der Waals surface area contributed by atoms with E-state index < -0.39 is 0 Å². The van der Waals surface area contributed by atoms with E-state index in [9.17, 15) is 4.79 Å². The number of anilines is 2. The zero-order valence-corrected chi connectivity index (χ0v) is 17.8. The standard InChI is InChI=1S/C20H28N4OS2/c1-15-13-16(24-8-11-26-12-9-24)6-7-17(15)22-20(25)21-14-18(23(2)3)19-5-4-10-27-19/h4-7,10,13,18H,8-9,11-12,14H2,1-3H3,(H2,21,22,25). The van der Waals surface area contributed by atoms with Gasteiger partial charge in [0.25, 0.3) is 0 Å². The number of nitrogens with zero attached hydrogens (tertiary/aromatic N) is 2. The molecule has 0 radical (unpaired) electrons. The van der Waals surface area contributed by atoms with Crippen molar-refractivity contribution in [2.24, 2.45) is 0 Å². The molecule has 2 N–H and O–H groups in total. The molecule has 3 rings (SSSR count). The molecule has 1 unspecified atom stereocenters. The Hall–Kier alpha value is -1.70. The number of hydrogen-bond donors (Lipinski definition) is 2. The Morgan fingerprint density at radius 3 is 2.67 bits per heavy atom. The van der Waals surface area contributed by atoms with Crippen molar-refractivity contribution < 1.29 is 4.79 Å². The number of aryl methyl sites for hydroxylation is 1. The van der Waals surface area contributed by atoms with Crippen LogP contribution in [0.25, 0.3) is 0 Å². The largest absolute Gasteiger partial charge is 0.370 e. The topological polar surface area (TPSA) is 47.6 Å². The van der Waals surface area contributed by atoms with Gasteiger partial charge in [-0.15, -0.1) is 11.3 Å². The monoisotopic (exact) mass is 404 g/mol. The molecular formula is C20H28N4OS2. The number of urea groups is 1. The molecule has 0 aliphatic carbocycles. The zero-order chi connectivity index (χ0) is 19.2. The Labute approximate surface area is 170 Å². The van der Waals surface area contributed by atoms with Crippen LogP contribution in [0.3, 0.4) is 0 Å². The van der Waals surface area contributed by atoms with E-state index in [1.807, 2.05) is 44.9 Å². The van der Waals surface area contributed by atoms with Gasteiger partial charge in [-0.2, -0.15) is 11.8 Å². The molecular weight excluding hydrogens is 376 g/mol. The number of thioether (sulfide) groups is 1. The minimum Gasteiger partial charge on any atom is -0.370 e. The first-order valence-corrected chi connectivity index (χ1v) is 11.3. The van der Waals surface area contributed by atoms with Gasteiger partial charge >= 0.3 is 6.03 Å². The fourth-order valence-electron chi connectivity index (χ4n) is 3.18. The third kappa shape index (κ3) is 5.40. The van der Waals surface area contributed by atoms with Gasteiger partial charge in [0.2, 0.25) is 0 Å². The molecule has 5 nitrogen and oxygen atoms in total. The molecule has 0 spiro atoms. The number of likely N-dealkylation sites (N-methyl/N-ethyl adjacent to an activating group) is 1. The molecule has 1 fully saturated rings. The van der Waals surface area contributed by atoms with Crippen molar-refractivity contribution in [3.63, 3.8) is 0 Å². The van der Waals surface area contributed by atoms with E-state index in [1.54, 1.807) is 11.3 Å². The molecule has 2 aromatic rings. The summed E-state index contributed by atoms with van der Waals surface area (Å²) in [5.41, 5.74) is 3.19. The number of hydrogen-bond acceptors (Lipinski definition) is 5. The van der Waals surface area contributed by atoms with E-state index >= 15 is 0 Å². The fraction of sp³-hybridized carbons (Fsp3) is 0.450. The molecule has 7 heteroatoms. The molecule has 27 heavy (non-hydrogen) atoms. The molecule has 2 heterocycles. The van der Waals surface area contributed by atoms with Crippen LogP contribution in [-0.4, -0.2) is 56.2 Å².